The van der Waals surface area contributed by atoms with E-state index in [0.717, 1.165) is 17.7 Å². The number of nitrogens with two attached hydrogens (primary N) is 1. The molecule has 0 aliphatic rings. The van der Waals surface area contributed by atoms with Gasteiger partial charge < -0.3 is 25.8 Å². The fraction of sp³-hybridized carbons (Fsp3) is 0.556. The molecule has 1 amide bonds. The van der Waals surface area contributed by atoms with Crippen LogP contribution in [-0.2, 0) is 16.1 Å². The number of halogens is 1. The maximum Gasteiger partial charge on any atom is 0.407 e. The molecule has 1 unspecified atom stereocenters. The van der Waals surface area contributed by atoms with Gasteiger partial charge >= 0.3 is 6.09 Å². The van der Waals surface area contributed by atoms with Gasteiger partial charge in [0.2, 0.25) is 0 Å². The van der Waals surface area contributed by atoms with Crippen molar-refractivity contribution in [2.45, 2.75) is 39.8 Å². The number of para-hydroxylation sites is 1. The summed E-state index contributed by atoms with van der Waals surface area (Å²) in [5.74, 6) is 0.710. The van der Waals surface area contributed by atoms with Crippen molar-refractivity contribution >= 4 is 41.7 Å². The molecule has 148 valence electrons. The third kappa shape index (κ3) is 9.81. The average Bonchev–Trinajstić information content (AvgIpc) is 2.54. The maximum atomic E-state index is 11.6. The molecule has 0 saturated heterocycles. The van der Waals surface area contributed by atoms with E-state index >= 15 is 0 Å². The lowest BCUT2D eigenvalue weighted by Gasteiger charge is -2.19. The third-order valence-electron chi connectivity index (χ3n) is 3.42. The van der Waals surface area contributed by atoms with Gasteiger partial charge in [-0.1, -0.05) is 32.0 Å². The smallest absolute Gasteiger partial charge is 0.407 e. The molecule has 0 spiro atoms. The van der Waals surface area contributed by atoms with Crippen molar-refractivity contribution in [1.82, 2.24) is 5.32 Å². The molecule has 26 heavy (non-hydrogen) atoms. The first kappa shape index (κ1) is 24.5. The Morgan fingerprint density at radius 1 is 1.31 bits per heavy atom. The SMILES string of the molecule is CCOC(=O)NC(CN=C(N)Nc1ccccc1COC)CC(C)C.I. The van der Waals surface area contributed by atoms with Crippen LogP contribution >= 0.6 is 24.0 Å². The number of benzene rings is 1. The van der Waals surface area contributed by atoms with Gasteiger partial charge in [-0.2, -0.15) is 0 Å². The average molecular weight is 478 g/mol. The van der Waals surface area contributed by atoms with Gasteiger partial charge in [0, 0.05) is 18.4 Å². The molecule has 0 bridgehead atoms. The molecular formula is C18H31IN4O3. The number of amides is 1. The molecule has 0 radical (unpaired) electrons. The molecule has 1 rings (SSSR count). The van der Waals surface area contributed by atoms with E-state index in [2.05, 4.69) is 29.5 Å². The van der Waals surface area contributed by atoms with Crippen LogP contribution in [0.3, 0.4) is 0 Å². The Bertz CT molecular complexity index is 567. The van der Waals surface area contributed by atoms with Crippen LogP contribution in [0.25, 0.3) is 0 Å². The minimum Gasteiger partial charge on any atom is -0.450 e. The zero-order valence-electron chi connectivity index (χ0n) is 16.0. The number of carbonyl (C=O) groups excluding carboxylic acids is 1. The highest BCUT2D eigenvalue weighted by Gasteiger charge is 2.14. The number of hydrogen-bond donors (Lipinski definition) is 3. The topological polar surface area (TPSA) is 98.0 Å². The number of alkyl carbamates (subject to hydrolysis) is 1. The maximum absolute atomic E-state index is 11.6. The number of nitrogens with zero attached hydrogens (tertiary/aromatic N) is 1. The second kappa shape index (κ2) is 13.6. The first-order chi connectivity index (χ1) is 12.0. The minimum absolute atomic E-state index is 0. The summed E-state index contributed by atoms with van der Waals surface area (Å²) in [6.45, 7) is 7.15. The summed E-state index contributed by atoms with van der Waals surface area (Å²) in [7, 11) is 1.64. The van der Waals surface area contributed by atoms with Gasteiger partial charge in [-0.15, -0.1) is 24.0 Å². The fourth-order valence-electron chi connectivity index (χ4n) is 2.40. The summed E-state index contributed by atoms with van der Waals surface area (Å²) in [4.78, 5) is 16.0. The standard InChI is InChI=1S/C18H30N4O3.HI/c1-5-25-18(23)21-15(10-13(2)3)11-20-17(19)22-16-9-7-6-8-14(16)12-24-4;/h6-9,13,15H,5,10-12H2,1-4H3,(H,21,23)(H3,19,20,22);1H. The summed E-state index contributed by atoms with van der Waals surface area (Å²) in [6.07, 6.45) is 0.357. The van der Waals surface area contributed by atoms with Crippen LogP contribution < -0.4 is 16.4 Å². The normalized spacial score (nSPS) is 12.3. The van der Waals surface area contributed by atoms with Crippen molar-refractivity contribution in [3.8, 4) is 0 Å². The Labute approximate surface area is 173 Å². The minimum atomic E-state index is -0.430. The molecule has 7 nitrogen and oxygen atoms in total. The first-order valence-electron chi connectivity index (χ1n) is 8.53. The molecular weight excluding hydrogens is 447 g/mol. The van der Waals surface area contributed by atoms with Gasteiger partial charge in [0.15, 0.2) is 5.96 Å². The molecule has 4 N–H and O–H groups in total. The molecule has 0 saturated carbocycles. The van der Waals surface area contributed by atoms with Crippen molar-refractivity contribution < 1.29 is 14.3 Å². The van der Waals surface area contributed by atoms with Crippen LogP contribution in [0.5, 0.6) is 0 Å². The largest absolute Gasteiger partial charge is 0.450 e. The molecule has 0 fully saturated rings. The second-order valence-corrected chi connectivity index (χ2v) is 6.13. The summed E-state index contributed by atoms with van der Waals surface area (Å²) >= 11 is 0. The van der Waals surface area contributed by atoms with E-state index in [1.807, 2.05) is 24.3 Å². The van der Waals surface area contributed by atoms with Crippen LogP contribution in [0.2, 0.25) is 0 Å². The highest BCUT2D eigenvalue weighted by Crippen LogP contribution is 2.15. The zero-order valence-corrected chi connectivity index (χ0v) is 18.3. The van der Waals surface area contributed by atoms with E-state index in [1.54, 1.807) is 14.0 Å². The van der Waals surface area contributed by atoms with Crippen molar-refractivity contribution in [3.63, 3.8) is 0 Å². The summed E-state index contributed by atoms with van der Waals surface area (Å²) < 4.78 is 10.1. The van der Waals surface area contributed by atoms with Crippen LogP contribution in [0, 0.1) is 5.92 Å². The molecule has 0 aliphatic carbocycles. The number of guanidine groups is 1. The Balaban J connectivity index is 0.00000625. The van der Waals surface area contributed by atoms with Gasteiger partial charge in [0.05, 0.1) is 25.8 Å². The Hall–Kier alpha value is -1.55. The molecule has 0 heterocycles. The monoisotopic (exact) mass is 478 g/mol. The number of nitrogens with one attached hydrogen (secondary N) is 2. The van der Waals surface area contributed by atoms with E-state index < -0.39 is 6.09 Å². The lowest BCUT2D eigenvalue weighted by molar-refractivity contribution is 0.147. The van der Waals surface area contributed by atoms with Crippen molar-refractivity contribution in [2.24, 2.45) is 16.6 Å². The molecule has 8 heteroatoms. The van der Waals surface area contributed by atoms with Crippen LogP contribution in [0.4, 0.5) is 10.5 Å². The van der Waals surface area contributed by atoms with Crippen molar-refractivity contribution in [1.29, 1.82) is 0 Å². The molecule has 0 aromatic heterocycles. The van der Waals surface area contributed by atoms with E-state index in [0.29, 0.717) is 31.6 Å². The Morgan fingerprint density at radius 2 is 2.00 bits per heavy atom. The fourth-order valence-corrected chi connectivity index (χ4v) is 2.40. The number of methoxy groups -OCH3 is 1. The number of hydrogen-bond acceptors (Lipinski definition) is 4. The Kier molecular flexibility index (Phi) is 12.8. The van der Waals surface area contributed by atoms with Gasteiger partial charge in [-0.05, 0) is 25.3 Å². The molecule has 0 aliphatic heterocycles. The highest BCUT2D eigenvalue weighted by molar-refractivity contribution is 14.0. The van der Waals surface area contributed by atoms with Gasteiger partial charge in [0.1, 0.15) is 0 Å². The Morgan fingerprint density at radius 3 is 2.62 bits per heavy atom. The molecule has 1 atom stereocenters. The number of anilines is 1. The summed E-state index contributed by atoms with van der Waals surface area (Å²) in [6, 6.07) is 7.60. The lowest BCUT2D eigenvalue weighted by Crippen LogP contribution is -2.39. The number of ether oxygens (including phenoxy) is 2. The van der Waals surface area contributed by atoms with Gasteiger partial charge in [-0.3, -0.25) is 4.99 Å². The predicted molar refractivity (Wildman–Crippen MR) is 116 cm³/mol. The van der Waals surface area contributed by atoms with Crippen molar-refractivity contribution in [3.05, 3.63) is 29.8 Å². The summed E-state index contributed by atoms with van der Waals surface area (Å²) in [5.41, 5.74) is 7.84. The highest BCUT2D eigenvalue weighted by atomic mass is 127. The molecule has 1 aromatic rings. The van der Waals surface area contributed by atoms with Crippen molar-refractivity contribution in [2.75, 3.05) is 25.6 Å². The third-order valence-corrected chi connectivity index (χ3v) is 3.42. The number of rotatable bonds is 9. The molecule has 1 aromatic carbocycles. The second-order valence-electron chi connectivity index (χ2n) is 6.13. The summed E-state index contributed by atoms with van der Waals surface area (Å²) in [5, 5.41) is 5.91. The van der Waals surface area contributed by atoms with Crippen LogP contribution in [0.1, 0.15) is 32.8 Å². The van der Waals surface area contributed by atoms with E-state index in [1.165, 1.54) is 0 Å². The van der Waals surface area contributed by atoms with E-state index in [4.69, 9.17) is 15.2 Å². The quantitative estimate of drug-likeness (QED) is 0.287. The van der Waals surface area contributed by atoms with E-state index in [9.17, 15) is 4.79 Å². The van der Waals surface area contributed by atoms with Gasteiger partial charge in [-0.25, -0.2) is 4.79 Å². The van der Waals surface area contributed by atoms with Crippen LogP contribution in [-0.4, -0.2) is 38.4 Å². The number of aliphatic imine (C=N–C) groups is 1. The predicted octanol–water partition coefficient (Wildman–Crippen LogP) is 3.34. The number of carbonyl (C=O) groups is 1. The van der Waals surface area contributed by atoms with Crippen LogP contribution in [0.15, 0.2) is 29.3 Å². The van der Waals surface area contributed by atoms with E-state index in [-0.39, 0.29) is 30.0 Å². The lowest BCUT2D eigenvalue weighted by atomic mass is 10.0. The van der Waals surface area contributed by atoms with Gasteiger partial charge in [0.25, 0.3) is 0 Å². The zero-order chi connectivity index (χ0) is 18.7. The first-order valence-corrected chi connectivity index (χ1v) is 8.53.